The summed E-state index contributed by atoms with van der Waals surface area (Å²) in [5.41, 5.74) is -0.624. The van der Waals surface area contributed by atoms with Crippen LogP contribution < -0.4 is 0 Å². The van der Waals surface area contributed by atoms with E-state index in [1.54, 1.807) is 4.90 Å². The van der Waals surface area contributed by atoms with Crippen molar-refractivity contribution >= 4 is 12.1 Å². The van der Waals surface area contributed by atoms with Crippen molar-refractivity contribution in [2.45, 2.75) is 69.6 Å². The Balaban J connectivity index is 1.88. The first-order valence-corrected chi connectivity index (χ1v) is 8.53. The van der Waals surface area contributed by atoms with Crippen molar-refractivity contribution in [3.05, 3.63) is 35.9 Å². The zero-order valence-corrected chi connectivity index (χ0v) is 14.5. The van der Waals surface area contributed by atoms with E-state index < -0.39 is 17.0 Å². The zero-order chi connectivity index (χ0) is 17.5. The smallest absolute Gasteiger partial charge is 0.410 e. The number of nitrogens with zero attached hydrogens (tertiary/aromatic N) is 1. The maximum Gasteiger partial charge on any atom is 0.410 e. The van der Waals surface area contributed by atoms with Crippen molar-refractivity contribution < 1.29 is 19.4 Å². The van der Waals surface area contributed by atoms with Crippen LogP contribution >= 0.6 is 0 Å². The molecule has 2 atom stereocenters. The summed E-state index contributed by atoms with van der Waals surface area (Å²) in [6.07, 6.45) is 2.25. The molecule has 3 rings (SSSR count). The summed E-state index contributed by atoms with van der Waals surface area (Å²) < 4.78 is 5.53. The van der Waals surface area contributed by atoms with Crippen LogP contribution in [0.2, 0.25) is 0 Å². The van der Waals surface area contributed by atoms with Gasteiger partial charge in [-0.15, -0.1) is 0 Å². The normalized spacial score (nSPS) is 29.4. The van der Waals surface area contributed by atoms with Gasteiger partial charge in [-0.25, -0.2) is 4.79 Å². The number of aliphatic carboxylic acids is 1. The van der Waals surface area contributed by atoms with Gasteiger partial charge in [0.25, 0.3) is 0 Å². The highest BCUT2D eigenvalue weighted by atomic mass is 16.6. The van der Waals surface area contributed by atoms with Crippen molar-refractivity contribution in [3.8, 4) is 0 Å². The SMILES string of the molecule is CC(C)(C)OC(=O)N1C2CCC1CC(C(=O)O)(c1ccccc1)C2. The molecule has 24 heavy (non-hydrogen) atoms. The monoisotopic (exact) mass is 331 g/mol. The molecule has 2 unspecified atom stereocenters. The number of hydrogen-bond donors (Lipinski definition) is 1. The number of benzene rings is 1. The summed E-state index contributed by atoms with van der Waals surface area (Å²) in [6.45, 7) is 5.55. The molecule has 2 aliphatic rings. The Morgan fingerprint density at radius 1 is 1.12 bits per heavy atom. The summed E-state index contributed by atoms with van der Waals surface area (Å²) >= 11 is 0. The van der Waals surface area contributed by atoms with Crippen molar-refractivity contribution in [1.82, 2.24) is 4.90 Å². The molecule has 0 aliphatic carbocycles. The van der Waals surface area contributed by atoms with Gasteiger partial charge in [0.05, 0.1) is 5.41 Å². The van der Waals surface area contributed by atoms with Crippen LogP contribution in [0.5, 0.6) is 0 Å². The van der Waals surface area contributed by atoms with Crippen molar-refractivity contribution in [3.63, 3.8) is 0 Å². The van der Waals surface area contributed by atoms with Gasteiger partial charge in [-0.1, -0.05) is 30.3 Å². The fraction of sp³-hybridized carbons (Fsp3) is 0.579. The van der Waals surface area contributed by atoms with Crippen LogP contribution in [0.15, 0.2) is 30.3 Å². The van der Waals surface area contributed by atoms with Crippen LogP contribution in [0, 0.1) is 0 Å². The quantitative estimate of drug-likeness (QED) is 0.899. The summed E-state index contributed by atoms with van der Waals surface area (Å²) in [7, 11) is 0. The largest absolute Gasteiger partial charge is 0.481 e. The Morgan fingerprint density at radius 3 is 2.12 bits per heavy atom. The second-order valence-corrected chi connectivity index (χ2v) is 7.93. The van der Waals surface area contributed by atoms with Crippen LogP contribution in [-0.2, 0) is 14.9 Å². The van der Waals surface area contributed by atoms with E-state index in [-0.39, 0.29) is 18.2 Å². The molecular formula is C19H25NO4. The number of ether oxygens (including phenoxy) is 1. The Hall–Kier alpha value is -2.04. The number of carbonyl (C=O) groups is 2. The predicted molar refractivity (Wildman–Crippen MR) is 89.9 cm³/mol. The maximum absolute atomic E-state index is 12.5. The van der Waals surface area contributed by atoms with E-state index in [0.717, 1.165) is 18.4 Å². The van der Waals surface area contributed by atoms with E-state index in [4.69, 9.17) is 4.74 Å². The van der Waals surface area contributed by atoms with Gasteiger partial charge in [0, 0.05) is 12.1 Å². The third-order valence-electron chi connectivity index (χ3n) is 5.13. The van der Waals surface area contributed by atoms with Gasteiger partial charge in [0.1, 0.15) is 5.60 Å². The fourth-order valence-electron chi connectivity index (χ4n) is 4.15. The van der Waals surface area contributed by atoms with Crippen LogP contribution in [0.25, 0.3) is 0 Å². The lowest BCUT2D eigenvalue weighted by Gasteiger charge is -2.44. The summed E-state index contributed by atoms with van der Waals surface area (Å²) in [6, 6.07) is 9.27. The van der Waals surface area contributed by atoms with Gasteiger partial charge >= 0.3 is 12.1 Å². The number of rotatable bonds is 2. The van der Waals surface area contributed by atoms with Crippen LogP contribution in [-0.4, -0.2) is 39.8 Å². The van der Waals surface area contributed by atoms with E-state index in [2.05, 4.69) is 0 Å². The molecule has 0 radical (unpaired) electrons. The van der Waals surface area contributed by atoms with Gasteiger partial charge < -0.3 is 14.7 Å². The van der Waals surface area contributed by atoms with Gasteiger partial charge in [-0.3, -0.25) is 4.79 Å². The molecule has 0 spiro atoms. The molecule has 1 aromatic carbocycles. The zero-order valence-electron chi connectivity index (χ0n) is 14.5. The second kappa shape index (κ2) is 5.80. The molecule has 2 bridgehead atoms. The number of carboxylic acids is 1. The molecule has 5 heteroatoms. The Bertz CT molecular complexity index is 621. The van der Waals surface area contributed by atoms with Crippen LogP contribution in [0.3, 0.4) is 0 Å². The standard InChI is InChI=1S/C19H25NO4/c1-18(2,3)24-17(23)20-14-9-10-15(20)12-19(11-14,16(21)22)13-7-5-4-6-8-13/h4-8,14-15H,9-12H2,1-3H3,(H,21,22). The molecular weight excluding hydrogens is 306 g/mol. The molecule has 1 aromatic rings. The molecule has 2 heterocycles. The van der Waals surface area contributed by atoms with Crippen LogP contribution in [0.1, 0.15) is 52.0 Å². The summed E-state index contributed by atoms with van der Waals surface area (Å²) in [5, 5.41) is 9.98. The van der Waals surface area contributed by atoms with Gasteiger partial charge in [0.2, 0.25) is 0 Å². The van der Waals surface area contributed by atoms with E-state index in [0.29, 0.717) is 12.8 Å². The molecule has 2 fully saturated rings. The van der Waals surface area contributed by atoms with Crippen molar-refractivity contribution in [1.29, 1.82) is 0 Å². The third-order valence-corrected chi connectivity index (χ3v) is 5.13. The molecule has 2 saturated heterocycles. The fourth-order valence-corrected chi connectivity index (χ4v) is 4.15. The Kier molecular flexibility index (Phi) is 4.06. The van der Waals surface area contributed by atoms with Gasteiger partial charge in [-0.2, -0.15) is 0 Å². The number of carbonyl (C=O) groups excluding carboxylic acids is 1. The average Bonchev–Trinajstić information content (AvgIpc) is 2.77. The lowest BCUT2D eigenvalue weighted by Crippen LogP contribution is -2.55. The van der Waals surface area contributed by atoms with E-state index >= 15 is 0 Å². The summed E-state index contributed by atoms with van der Waals surface area (Å²) in [4.78, 5) is 26.5. The lowest BCUT2D eigenvalue weighted by atomic mass is 9.70. The number of fused-ring (bicyclic) bond motifs is 2. The number of carboxylic acid groups (broad SMARTS) is 1. The Morgan fingerprint density at radius 2 is 1.67 bits per heavy atom. The first kappa shape index (κ1) is 16.8. The molecule has 130 valence electrons. The van der Waals surface area contributed by atoms with Gasteiger partial charge in [0.15, 0.2) is 0 Å². The molecule has 5 nitrogen and oxygen atoms in total. The first-order chi connectivity index (χ1) is 11.2. The highest BCUT2D eigenvalue weighted by Crippen LogP contribution is 2.47. The second-order valence-electron chi connectivity index (χ2n) is 7.93. The molecule has 0 saturated carbocycles. The highest BCUT2D eigenvalue weighted by molar-refractivity contribution is 5.82. The Labute approximate surface area is 142 Å². The number of amides is 1. The van der Waals surface area contributed by atoms with Crippen LogP contribution in [0.4, 0.5) is 4.79 Å². The van der Waals surface area contributed by atoms with E-state index in [1.807, 2.05) is 51.1 Å². The van der Waals surface area contributed by atoms with Crippen molar-refractivity contribution in [2.75, 3.05) is 0 Å². The van der Waals surface area contributed by atoms with E-state index in [9.17, 15) is 14.7 Å². The van der Waals surface area contributed by atoms with Crippen molar-refractivity contribution in [2.24, 2.45) is 0 Å². The summed E-state index contributed by atoms with van der Waals surface area (Å²) in [5.74, 6) is -0.797. The maximum atomic E-state index is 12.5. The minimum atomic E-state index is -0.911. The topological polar surface area (TPSA) is 66.8 Å². The molecule has 0 aromatic heterocycles. The minimum Gasteiger partial charge on any atom is -0.481 e. The minimum absolute atomic E-state index is 0.0742. The first-order valence-electron chi connectivity index (χ1n) is 8.53. The molecule has 2 aliphatic heterocycles. The number of piperidine rings is 1. The predicted octanol–water partition coefficient (Wildman–Crippen LogP) is 3.57. The average molecular weight is 331 g/mol. The van der Waals surface area contributed by atoms with Gasteiger partial charge in [-0.05, 0) is 52.0 Å². The number of hydrogen-bond acceptors (Lipinski definition) is 3. The molecule has 1 amide bonds. The molecule has 1 N–H and O–H groups in total. The lowest BCUT2D eigenvalue weighted by molar-refractivity contribution is -0.147. The highest BCUT2D eigenvalue weighted by Gasteiger charge is 2.55. The third kappa shape index (κ3) is 2.87. The van der Waals surface area contributed by atoms with E-state index in [1.165, 1.54) is 0 Å².